The fourth-order valence-electron chi connectivity index (χ4n) is 16.6. The molecule has 3 aliphatic heterocycles. The number of fused-ring (bicyclic) bond motifs is 3. The molecule has 6 fully saturated rings. The van der Waals surface area contributed by atoms with E-state index in [1.54, 1.807) is 0 Å². The minimum Gasteiger partial charge on any atom is -0.396 e. The average Bonchev–Trinajstić information content (AvgIpc) is 3.91. The lowest BCUT2D eigenvalue weighted by atomic mass is 9.36. The smallest absolute Gasteiger partial charge is 0.159 e. The van der Waals surface area contributed by atoms with E-state index in [2.05, 4.69) is 68.3 Å². The lowest BCUT2D eigenvalue weighted by Crippen LogP contribution is -2.68. The maximum atomic E-state index is 15.0. The zero-order valence-electron chi connectivity index (χ0n) is 38.6. The van der Waals surface area contributed by atoms with Crippen molar-refractivity contribution in [1.82, 2.24) is 5.32 Å². The molecule has 10 rings (SSSR count). The van der Waals surface area contributed by atoms with Crippen LogP contribution in [0.25, 0.3) is 0 Å². The Balaban J connectivity index is 1.06. The summed E-state index contributed by atoms with van der Waals surface area (Å²) in [4.78, 5) is 15.0. The van der Waals surface area contributed by atoms with Crippen molar-refractivity contribution in [3.63, 3.8) is 0 Å². The quantitative estimate of drug-likeness (QED) is 0.122. The highest BCUT2D eigenvalue weighted by Crippen LogP contribution is 2.77. The molecule has 0 aromatic heterocycles. The average molecular weight is 863 g/mol. The van der Waals surface area contributed by atoms with Crippen LogP contribution in [0.4, 0.5) is 0 Å². The van der Waals surface area contributed by atoms with E-state index < -0.39 is 51.4 Å². The molecule has 4 saturated carbocycles. The summed E-state index contributed by atoms with van der Waals surface area (Å²) in [6.45, 7) is 11.8. The van der Waals surface area contributed by atoms with E-state index >= 15 is 0 Å². The van der Waals surface area contributed by atoms with E-state index in [1.165, 1.54) is 11.1 Å². The van der Waals surface area contributed by atoms with Crippen LogP contribution in [-0.2, 0) is 27.1 Å². The molecule has 16 unspecified atom stereocenters. The number of dihydropyridines is 1. The highest BCUT2D eigenvalue weighted by atomic mass is 16.6. The van der Waals surface area contributed by atoms with Crippen molar-refractivity contribution in [2.75, 3.05) is 19.8 Å². The topological polar surface area (TPSA) is 158 Å². The van der Waals surface area contributed by atoms with Gasteiger partial charge in [-0.3, -0.25) is 4.79 Å². The highest BCUT2D eigenvalue weighted by Gasteiger charge is 2.78. The second kappa shape index (κ2) is 15.3. The molecule has 9 nitrogen and oxygen atoms in total. The van der Waals surface area contributed by atoms with Crippen LogP contribution in [-0.4, -0.2) is 81.1 Å². The number of allylic oxidation sites excluding steroid dienone is 3. The fraction of sp³-hybridized carbons (Fsp3) is 0.722. The van der Waals surface area contributed by atoms with Gasteiger partial charge in [0.15, 0.2) is 5.78 Å². The number of carbonyl (C=O) groups is 1. The van der Waals surface area contributed by atoms with Gasteiger partial charge in [-0.2, -0.15) is 0 Å². The van der Waals surface area contributed by atoms with Gasteiger partial charge in [-0.05, 0) is 159 Å². The second-order valence-corrected chi connectivity index (χ2v) is 23.2. The van der Waals surface area contributed by atoms with Gasteiger partial charge in [0.25, 0.3) is 0 Å². The number of aliphatic hydroxyl groups is 4. The standard InChI is InChI=1S/C54H74N2O7/c1-33-20-25-62-53(29-33,47-46(63-47)51(5,60)48(2,32-57)22-17-34-19-24-56-44(55)26-34)43-18-23-54(61)41-28-42(59)40-27-39(58)31-52-21-9-14-38(52)13-8-12-35-10-6-7-11-36(35)15-16-37(30-49(43,54)3)45(41)50(40,52)4/h6-7,10-11,19,26,28,33,37-40,43,45-47,56-58,60-61H,9,12,14-18,20-25,27,29-32,55H2,1-5H3. The van der Waals surface area contributed by atoms with Gasteiger partial charge in [-0.1, -0.05) is 76.3 Å². The number of ether oxygens (including phenoxy) is 2. The minimum atomic E-state index is -1.39. The molecule has 16 atom stereocenters. The number of aliphatic hydroxyl groups excluding tert-OH is 2. The van der Waals surface area contributed by atoms with Crippen LogP contribution in [0.5, 0.6) is 0 Å². The normalized spacial score (nSPS) is 45.9. The van der Waals surface area contributed by atoms with Crippen molar-refractivity contribution in [2.45, 2.75) is 166 Å². The summed E-state index contributed by atoms with van der Waals surface area (Å²) in [6.07, 6.45) is 15.9. The first kappa shape index (κ1) is 43.9. The van der Waals surface area contributed by atoms with E-state index in [0.717, 1.165) is 62.5 Å². The van der Waals surface area contributed by atoms with Gasteiger partial charge in [0.2, 0.25) is 0 Å². The molecule has 9 heteroatoms. The third-order valence-electron chi connectivity index (χ3n) is 20.2. The van der Waals surface area contributed by atoms with Crippen molar-refractivity contribution in [3.05, 3.63) is 70.6 Å². The molecule has 342 valence electrons. The Morgan fingerprint density at radius 3 is 2.59 bits per heavy atom. The Labute approximate surface area is 375 Å². The third kappa shape index (κ3) is 6.34. The molecule has 6 aliphatic carbocycles. The number of carbonyl (C=O) groups excluding carboxylic acids is 1. The van der Waals surface area contributed by atoms with Crippen molar-refractivity contribution in [1.29, 1.82) is 0 Å². The first-order valence-electron chi connectivity index (χ1n) is 24.7. The van der Waals surface area contributed by atoms with Crippen LogP contribution in [0.3, 0.4) is 0 Å². The largest absolute Gasteiger partial charge is 0.396 e. The Morgan fingerprint density at radius 1 is 1.03 bits per heavy atom. The predicted octanol–water partition coefficient (Wildman–Crippen LogP) is 6.85. The zero-order valence-corrected chi connectivity index (χ0v) is 38.6. The molecule has 3 heterocycles. The van der Waals surface area contributed by atoms with Crippen LogP contribution in [0.1, 0.15) is 129 Å². The molecule has 9 aliphatic rings. The van der Waals surface area contributed by atoms with E-state index in [4.69, 9.17) is 15.2 Å². The van der Waals surface area contributed by atoms with Gasteiger partial charge < -0.3 is 41.0 Å². The van der Waals surface area contributed by atoms with Crippen molar-refractivity contribution in [2.24, 2.45) is 62.9 Å². The van der Waals surface area contributed by atoms with Crippen LogP contribution < -0.4 is 11.1 Å². The maximum absolute atomic E-state index is 15.0. The summed E-state index contributed by atoms with van der Waals surface area (Å²) < 4.78 is 14.1. The van der Waals surface area contributed by atoms with Crippen LogP contribution in [0.2, 0.25) is 0 Å². The Hall–Kier alpha value is -2.97. The molecule has 2 saturated heterocycles. The predicted molar refractivity (Wildman–Crippen MR) is 242 cm³/mol. The van der Waals surface area contributed by atoms with Gasteiger partial charge in [-0.15, -0.1) is 0 Å². The van der Waals surface area contributed by atoms with E-state index in [-0.39, 0.29) is 47.4 Å². The monoisotopic (exact) mass is 863 g/mol. The molecule has 0 bridgehead atoms. The third-order valence-corrected chi connectivity index (χ3v) is 20.2. The van der Waals surface area contributed by atoms with Gasteiger partial charge in [-0.25, -0.2) is 0 Å². The van der Waals surface area contributed by atoms with Crippen molar-refractivity contribution in [3.8, 4) is 11.8 Å². The number of nitrogens with one attached hydrogen (secondary N) is 1. The summed E-state index contributed by atoms with van der Waals surface area (Å²) in [7, 11) is 0. The Kier molecular flexibility index (Phi) is 10.7. The zero-order chi connectivity index (χ0) is 44.4. The van der Waals surface area contributed by atoms with Crippen LogP contribution in [0.15, 0.2) is 59.5 Å². The number of epoxide rings is 1. The fourth-order valence-corrected chi connectivity index (χ4v) is 16.6. The van der Waals surface area contributed by atoms with Crippen LogP contribution >= 0.6 is 0 Å². The molecular weight excluding hydrogens is 789 g/mol. The number of hydrogen-bond acceptors (Lipinski definition) is 9. The molecule has 0 radical (unpaired) electrons. The van der Waals surface area contributed by atoms with Crippen LogP contribution in [0, 0.1) is 69.0 Å². The summed E-state index contributed by atoms with van der Waals surface area (Å²) in [5, 5.41) is 52.5. The number of hydrogen-bond donors (Lipinski definition) is 6. The Morgan fingerprint density at radius 2 is 1.83 bits per heavy atom. The molecule has 1 aromatic carbocycles. The maximum Gasteiger partial charge on any atom is 0.159 e. The van der Waals surface area contributed by atoms with E-state index in [1.807, 2.05) is 26.0 Å². The number of rotatable bonds is 8. The minimum absolute atomic E-state index is 0.0307. The van der Waals surface area contributed by atoms with E-state index in [9.17, 15) is 25.2 Å². The summed E-state index contributed by atoms with van der Waals surface area (Å²) >= 11 is 0. The molecule has 1 spiro atoms. The number of benzene rings is 1. The van der Waals surface area contributed by atoms with Gasteiger partial charge in [0.05, 0.1) is 29.7 Å². The van der Waals surface area contributed by atoms with Crippen molar-refractivity contribution >= 4 is 5.78 Å². The summed E-state index contributed by atoms with van der Waals surface area (Å²) in [5.41, 5.74) is 4.96. The number of aryl methyl sites for hydroxylation is 1. The summed E-state index contributed by atoms with van der Waals surface area (Å²) in [5.74, 6) is 8.26. The van der Waals surface area contributed by atoms with Gasteiger partial charge in [0, 0.05) is 42.2 Å². The second-order valence-electron chi connectivity index (χ2n) is 23.2. The lowest BCUT2D eigenvalue weighted by Gasteiger charge is -2.68. The lowest BCUT2D eigenvalue weighted by molar-refractivity contribution is -0.214. The summed E-state index contributed by atoms with van der Waals surface area (Å²) in [6, 6.07) is 8.77. The molecule has 7 N–H and O–H groups in total. The first-order valence-corrected chi connectivity index (χ1v) is 24.7. The Bertz CT molecular complexity index is 2170. The highest BCUT2D eigenvalue weighted by molar-refractivity contribution is 5.95. The molecular formula is C54H74N2O7. The first-order chi connectivity index (χ1) is 30.0. The SMILES string of the molecule is CC1CCOC(C2OC2C(C)(O)C(C)(CO)CCC2=CCNC(N)=C2)(C2CCC3(O)C4=CC(=O)C5CC(O)CC67CCCC6C#CCc6ccccc6CCC(CC23C)C4C57C)C1. The number of ketones is 1. The van der Waals surface area contributed by atoms with E-state index in [0.29, 0.717) is 69.8 Å². The molecule has 0 amide bonds. The number of nitrogens with two attached hydrogens (primary N) is 1. The molecule has 63 heavy (non-hydrogen) atoms. The van der Waals surface area contributed by atoms with Crippen molar-refractivity contribution < 1.29 is 34.7 Å². The van der Waals surface area contributed by atoms with Gasteiger partial charge in [0.1, 0.15) is 17.8 Å². The molecule has 1 aromatic rings. The van der Waals surface area contributed by atoms with Gasteiger partial charge >= 0.3 is 0 Å².